The number of nitrogens with one attached hydrogen (secondary N) is 2. The Hall–Kier alpha value is -0.610. The number of carbonyl (C=O) groups is 1. The van der Waals surface area contributed by atoms with Gasteiger partial charge in [-0.15, -0.1) is 24.0 Å². The average Bonchev–Trinajstić information content (AvgIpc) is 2.55. The van der Waals surface area contributed by atoms with Gasteiger partial charge in [0.25, 0.3) is 0 Å². The van der Waals surface area contributed by atoms with Crippen LogP contribution in [0.15, 0.2) is 4.99 Å². The first-order chi connectivity index (χ1) is 10.7. The summed E-state index contributed by atoms with van der Waals surface area (Å²) in [5.41, 5.74) is 0. The first kappa shape index (κ1) is 22.4. The molecule has 0 aliphatic carbocycles. The van der Waals surface area contributed by atoms with Gasteiger partial charge < -0.3 is 25.0 Å². The van der Waals surface area contributed by atoms with Crippen LogP contribution in [0.4, 0.5) is 0 Å². The van der Waals surface area contributed by atoms with Gasteiger partial charge in [-0.1, -0.05) is 0 Å². The summed E-state index contributed by atoms with van der Waals surface area (Å²) in [6.07, 6.45) is 2.68. The van der Waals surface area contributed by atoms with Crippen LogP contribution in [-0.4, -0.2) is 77.4 Å². The fraction of sp³-hybridized carbons (Fsp3) is 0.867. The molecule has 7 nitrogen and oxygen atoms in total. The first-order valence-corrected chi connectivity index (χ1v) is 7.94. The summed E-state index contributed by atoms with van der Waals surface area (Å²) in [6.45, 7) is 4.47. The van der Waals surface area contributed by atoms with Crippen molar-refractivity contribution in [3.05, 3.63) is 0 Å². The quantitative estimate of drug-likeness (QED) is 0.251. The molecule has 1 saturated heterocycles. The van der Waals surface area contributed by atoms with Gasteiger partial charge in [0.15, 0.2) is 5.96 Å². The SMILES string of the molecule is CN=C(NCCOCCOC)N1CCC(CC(=O)NC)CC1.I. The summed E-state index contributed by atoms with van der Waals surface area (Å²) in [5.74, 6) is 1.52. The molecule has 2 N–H and O–H groups in total. The van der Waals surface area contributed by atoms with Gasteiger partial charge in [-0.05, 0) is 18.8 Å². The Balaban J connectivity index is 0.00000484. The molecule has 0 saturated carbocycles. The molecule has 1 rings (SSSR count). The van der Waals surface area contributed by atoms with Gasteiger partial charge in [-0.3, -0.25) is 9.79 Å². The number of ether oxygens (including phenoxy) is 2. The van der Waals surface area contributed by atoms with Crippen molar-refractivity contribution in [3.63, 3.8) is 0 Å². The third-order valence-electron chi connectivity index (χ3n) is 3.84. The largest absolute Gasteiger partial charge is 0.382 e. The number of amides is 1. The van der Waals surface area contributed by atoms with E-state index in [0.717, 1.165) is 38.4 Å². The van der Waals surface area contributed by atoms with Crippen LogP contribution in [0, 0.1) is 5.92 Å². The standard InChI is InChI=1S/C15H30N4O3.HI/c1-16-14(20)12-13-4-7-19(8-5-13)15(17-2)18-6-9-22-11-10-21-3;/h13H,4-12H2,1-3H3,(H,16,20)(H,17,18);1H. The number of methoxy groups -OCH3 is 1. The second-order valence-electron chi connectivity index (χ2n) is 5.39. The summed E-state index contributed by atoms with van der Waals surface area (Å²) in [7, 11) is 5.15. The molecule has 0 spiro atoms. The summed E-state index contributed by atoms with van der Waals surface area (Å²) < 4.78 is 10.3. The van der Waals surface area contributed by atoms with Crippen molar-refractivity contribution in [1.29, 1.82) is 0 Å². The van der Waals surface area contributed by atoms with E-state index in [4.69, 9.17) is 9.47 Å². The molecule has 23 heavy (non-hydrogen) atoms. The molecule has 0 aromatic carbocycles. The lowest BCUT2D eigenvalue weighted by Gasteiger charge is -2.34. The van der Waals surface area contributed by atoms with Crippen LogP contribution in [0.5, 0.6) is 0 Å². The van der Waals surface area contributed by atoms with E-state index >= 15 is 0 Å². The zero-order chi connectivity index (χ0) is 16.2. The number of piperidine rings is 1. The average molecular weight is 442 g/mol. The number of hydrogen-bond acceptors (Lipinski definition) is 4. The Morgan fingerprint density at radius 3 is 2.52 bits per heavy atom. The number of hydrogen-bond donors (Lipinski definition) is 2. The van der Waals surface area contributed by atoms with E-state index in [1.807, 2.05) is 0 Å². The summed E-state index contributed by atoms with van der Waals surface area (Å²) in [5, 5.41) is 6.01. The van der Waals surface area contributed by atoms with Gasteiger partial charge in [0.1, 0.15) is 0 Å². The van der Waals surface area contributed by atoms with E-state index in [0.29, 0.717) is 32.2 Å². The van der Waals surface area contributed by atoms with E-state index in [1.54, 1.807) is 21.2 Å². The molecule has 8 heteroatoms. The van der Waals surface area contributed by atoms with Crippen molar-refractivity contribution in [2.75, 3.05) is 60.7 Å². The Morgan fingerprint density at radius 1 is 1.26 bits per heavy atom. The third-order valence-corrected chi connectivity index (χ3v) is 3.84. The lowest BCUT2D eigenvalue weighted by atomic mass is 9.93. The minimum Gasteiger partial charge on any atom is -0.382 e. The molecular weight excluding hydrogens is 411 g/mol. The predicted octanol–water partition coefficient (Wildman–Crippen LogP) is 0.691. The van der Waals surface area contributed by atoms with E-state index in [1.165, 1.54) is 0 Å². The van der Waals surface area contributed by atoms with Crippen LogP contribution < -0.4 is 10.6 Å². The van der Waals surface area contributed by atoms with Crippen LogP contribution in [0.3, 0.4) is 0 Å². The van der Waals surface area contributed by atoms with Gasteiger partial charge >= 0.3 is 0 Å². The Labute approximate surface area is 156 Å². The molecule has 1 amide bonds. The highest BCUT2D eigenvalue weighted by Gasteiger charge is 2.22. The zero-order valence-corrected chi connectivity index (χ0v) is 16.8. The molecule has 0 aromatic rings. The van der Waals surface area contributed by atoms with Gasteiger partial charge in [-0.25, -0.2) is 0 Å². The maximum atomic E-state index is 11.4. The molecule has 1 aliphatic rings. The first-order valence-electron chi connectivity index (χ1n) is 7.94. The van der Waals surface area contributed by atoms with E-state index in [2.05, 4.69) is 20.5 Å². The number of halogens is 1. The topological polar surface area (TPSA) is 75.2 Å². The Morgan fingerprint density at radius 2 is 1.96 bits per heavy atom. The molecule has 136 valence electrons. The minimum atomic E-state index is 0. The van der Waals surface area contributed by atoms with Crippen LogP contribution in [0.2, 0.25) is 0 Å². The number of rotatable bonds is 8. The smallest absolute Gasteiger partial charge is 0.220 e. The number of likely N-dealkylation sites (tertiary alicyclic amines) is 1. The van der Waals surface area contributed by atoms with Crippen molar-refractivity contribution in [2.24, 2.45) is 10.9 Å². The van der Waals surface area contributed by atoms with Crippen molar-refractivity contribution >= 4 is 35.8 Å². The predicted molar refractivity (Wildman–Crippen MR) is 102 cm³/mol. The fourth-order valence-corrected chi connectivity index (χ4v) is 2.52. The van der Waals surface area contributed by atoms with Crippen molar-refractivity contribution in [1.82, 2.24) is 15.5 Å². The van der Waals surface area contributed by atoms with Crippen LogP contribution in [-0.2, 0) is 14.3 Å². The zero-order valence-electron chi connectivity index (χ0n) is 14.5. The second-order valence-corrected chi connectivity index (χ2v) is 5.39. The molecule has 0 radical (unpaired) electrons. The molecule has 0 bridgehead atoms. The van der Waals surface area contributed by atoms with Crippen molar-refractivity contribution in [3.8, 4) is 0 Å². The maximum absolute atomic E-state index is 11.4. The van der Waals surface area contributed by atoms with Crippen LogP contribution in [0.1, 0.15) is 19.3 Å². The molecule has 0 unspecified atom stereocenters. The number of carbonyl (C=O) groups excluding carboxylic acids is 1. The highest BCUT2D eigenvalue weighted by molar-refractivity contribution is 14.0. The van der Waals surface area contributed by atoms with E-state index in [-0.39, 0.29) is 29.9 Å². The van der Waals surface area contributed by atoms with Crippen LogP contribution >= 0.6 is 24.0 Å². The monoisotopic (exact) mass is 442 g/mol. The summed E-state index contributed by atoms with van der Waals surface area (Å²) in [6, 6.07) is 0. The maximum Gasteiger partial charge on any atom is 0.220 e. The molecule has 1 heterocycles. The van der Waals surface area contributed by atoms with E-state index in [9.17, 15) is 4.79 Å². The van der Waals surface area contributed by atoms with Gasteiger partial charge in [0, 0.05) is 47.3 Å². The summed E-state index contributed by atoms with van der Waals surface area (Å²) >= 11 is 0. The number of guanidine groups is 1. The number of nitrogens with zero attached hydrogens (tertiary/aromatic N) is 2. The molecule has 0 aromatic heterocycles. The molecular formula is C15H31IN4O3. The molecule has 1 fully saturated rings. The van der Waals surface area contributed by atoms with Gasteiger partial charge in [0.05, 0.1) is 19.8 Å². The Kier molecular flexibility index (Phi) is 13.4. The number of aliphatic imine (C=N–C) groups is 1. The lowest BCUT2D eigenvalue weighted by Crippen LogP contribution is -2.46. The van der Waals surface area contributed by atoms with Crippen molar-refractivity contribution < 1.29 is 14.3 Å². The Bertz CT molecular complexity index is 348. The summed E-state index contributed by atoms with van der Waals surface area (Å²) in [4.78, 5) is 18.0. The van der Waals surface area contributed by atoms with Crippen LogP contribution in [0.25, 0.3) is 0 Å². The lowest BCUT2D eigenvalue weighted by molar-refractivity contribution is -0.121. The van der Waals surface area contributed by atoms with Gasteiger partial charge in [0.2, 0.25) is 5.91 Å². The second kappa shape index (κ2) is 13.8. The fourth-order valence-electron chi connectivity index (χ4n) is 2.52. The minimum absolute atomic E-state index is 0. The molecule has 1 aliphatic heterocycles. The highest BCUT2D eigenvalue weighted by atomic mass is 127. The normalized spacial score (nSPS) is 16.0. The third kappa shape index (κ3) is 9.31. The van der Waals surface area contributed by atoms with E-state index < -0.39 is 0 Å². The van der Waals surface area contributed by atoms with Gasteiger partial charge in [-0.2, -0.15) is 0 Å². The van der Waals surface area contributed by atoms with Crippen molar-refractivity contribution in [2.45, 2.75) is 19.3 Å². The molecule has 0 atom stereocenters. The highest BCUT2D eigenvalue weighted by Crippen LogP contribution is 2.20.